The molecule has 1 aromatic carbocycles. The van der Waals surface area contributed by atoms with Crippen molar-refractivity contribution in [3.8, 4) is 0 Å². The van der Waals surface area contributed by atoms with E-state index in [0.717, 1.165) is 5.76 Å². The summed E-state index contributed by atoms with van der Waals surface area (Å²) >= 11 is 1.44. The van der Waals surface area contributed by atoms with Crippen LogP contribution in [-0.4, -0.2) is 11.8 Å². The topological polar surface area (TPSA) is 39.2 Å². The summed E-state index contributed by atoms with van der Waals surface area (Å²) in [6, 6.07) is 10.4. The van der Waals surface area contributed by atoms with Crippen LogP contribution >= 0.6 is 11.8 Å². The van der Waals surface area contributed by atoms with Gasteiger partial charge in [-0.25, -0.2) is 4.39 Å². The van der Waals surface area contributed by atoms with E-state index in [0.29, 0.717) is 17.1 Å². The molecule has 0 amide bonds. The molecular formula is C13H14FNOS. The highest BCUT2D eigenvalue weighted by Crippen LogP contribution is 2.22. The third kappa shape index (κ3) is 3.61. The van der Waals surface area contributed by atoms with Gasteiger partial charge in [0.2, 0.25) is 0 Å². The molecular weight excluding hydrogens is 237 g/mol. The van der Waals surface area contributed by atoms with E-state index in [-0.39, 0.29) is 11.9 Å². The largest absolute Gasteiger partial charge is 0.469 e. The van der Waals surface area contributed by atoms with Crippen LogP contribution in [0.1, 0.15) is 5.76 Å². The van der Waals surface area contributed by atoms with Crippen molar-refractivity contribution >= 4 is 11.8 Å². The van der Waals surface area contributed by atoms with Gasteiger partial charge in [-0.3, -0.25) is 0 Å². The summed E-state index contributed by atoms with van der Waals surface area (Å²) in [4.78, 5) is 0.641. The van der Waals surface area contributed by atoms with Crippen LogP contribution in [0.5, 0.6) is 0 Å². The van der Waals surface area contributed by atoms with Crippen LogP contribution in [-0.2, 0) is 6.42 Å². The number of hydrogen-bond acceptors (Lipinski definition) is 3. The van der Waals surface area contributed by atoms with Gasteiger partial charge in [-0.15, -0.1) is 11.8 Å². The van der Waals surface area contributed by atoms with Gasteiger partial charge >= 0.3 is 0 Å². The molecule has 2 aromatic rings. The van der Waals surface area contributed by atoms with E-state index in [1.54, 1.807) is 18.4 Å². The fraction of sp³-hybridized carbons (Fsp3) is 0.231. The second-order valence-electron chi connectivity index (χ2n) is 3.78. The van der Waals surface area contributed by atoms with Crippen LogP contribution in [0, 0.1) is 5.82 Å². The van der Waals surface area contributed by atoms with Crippen molar-refractivity contribution in [2.75, 3.05) is 5.75 Å². The van der Waals surface area contributed by atoms with Crippen LogP contribution in [0.4, 0.5) is 4.39 Å². The smallest absolute Gasteiger partial charge is 0.136 e. The zero-order chi connectivity index (χ0) is 12.1. The maximum Gasteiger partial charge on any atom is 0.136 e. The van der Waals surface area contributed by atoms with E-state index in [2.05, 4.69) is 0 Å². The Morgan fingerprint density at radius 2 is 2.06 bits per heavy atom. The Bertz CT molecular complexity index is 458. The van der Waals surface area contributed by atoms with Crippen molar-refractivity contribution in [1.29, 1.82) is 0 Å². The zero-order valence-electron chi connectivity index (χ0n) is 9.30. The molecule has 0 aliphatic carbocycles. The second-order valence-corrected chi connectivity index (χ2v) is 4.85. The molecule has 0 aliphatic heterocycles. The normalized spacial score (nSPS) is 12.6. The van der Waals surface area contributed by atoms with Crippen molar-refractivity contribution in [1.82, 2.24) is 0 Å². The molecule has 1 aromatic heterocycles. The fourth-order valence-corrected chi connectivity index (χ4v) is 2.40. The lowest BCUT2D eigenvalue weighted by Gasteiger charge is -2.09. The first-order valence-electron chi connectivity index (χ1n) is 5.41. The summed E-state index contributed by atoms with van der Waals surface area (Å²) in [5.74, 6) is 1.34. The van der Waals surface area contributed by atoms with Gasteiger partial charge in [-0.05, 0) is 24.3 Å². The minimum atomic E-state index is -0.192. The molecule has 0 saturated heterocycles. The Kier molecular flexibility index (Phi) is 4.23. The zero-order valence-corrected chi connectivity index (χ0v) is 10.1. The molecule has 0 fully saturated rings. The van der Waals surface area contributed by atoms with Crippen molar-refractivity contribution < 1.29 is 8.81 Å². The van der Waals surface area contributed by atoms with Crippen LogP contribution in [0.2, 0.25) is 0 Å². The maximum atomic E-state index is 13.3. The summed E-state index contributed by atoms with van der Waals surface area (Å²) in [5.41, 5.74) is 5.96. The quantitative estimate of drug-likeness (QED) is 0.830. The Balaban J connectivity index is 1.84. The molecule has 4 heteroatoms. The van der Waals surface area contributed by atoms with Crippen LogP contribution in [0.25, 0.3) is 0 Å². The predicted molar refractivity (Wildman–Crippen MR) is 67.5 cm³/mol. The van der Waals surface area contributed by atoms with Crippen molar-refractivity contribution in [2.45, 2.75) is 17.4 Å². The fourth-order valence-electron chi connectivity index (χ4n) is 1.50. The molecule has 17 heavy (non-hydrogen) atoms. The number of benzene rings is 1. The number of halogens is 1. The molecule has 0 bridgehead atoms. The molecule has 2 rings (SSSR count). The highest BCUT2D eigenvalue weighted by Gasteiger charge is 2.08. The molecule has 1 heterocycles. The maximum absolute atomic E-state index is 13.3. The van der Waals surface area contributed by atoms with E-state index in [1.165, 1.54) is 17.8 Å². The third-order valence-electron chi connectivity index (χ3n) is 2.33. The highest BCUT2D eigenvalue weighted by atomic mass is 32.2. The van der Waals surface area contributed by atoms with Gasteiger partial charge in [0, 0.05) is 23.1 Å². The van der Waals surface area contributed by atoms with E-state index >= 15 is 0 Å². The number of hydrogen-bond donors (Lipinski definition) is 1. The predicted octanol–water partition coefficient (Wildman–Crippen LogP) is 3.08. The summed E-state index contributed by atoms with van der Waals surface area (Å²) in [7, 11) is 0. The Hall–Kier alpha value is -1.26. The van der Waals surface area contributed by atoms with E-state index in [1.807, 2.05) is 18.2 Å². The second kappa shape index (κ2) is 5.89. The van der Waals surface area contributed by atoms with Gasteiger partial charge < -0.3 is 10.2 Å². The minimum absolute atomic E-state index is 0.0363. The third-order valence-corrected chi connectivity index (χ3v) is 3.57. The van der Waals surface area contributed by atoms with E-state index < -0.39 is 0 Å². The van der Waals surface area contributed by atoms with Gasteiger partial charge in [0.15, 0.2) is 0 Å². The SMILES string of the molecule is NC(CSc1ccccc1F)Cc1ccco1. The highest BCUT2D eigenvalue weighted by molar-refractivity contribution is 7.99. The Morgan fingerprint density at radius 1 is 1.24 bits per heavy atom. The monoisotopic (exact) mass is 251 g/mol. The first-order chi connectivity index (χ1) is 8.25. The van der Waals surface area contributed by atoms with Crippen molar-refractivity contribution in [3.05, 3.63) is 54.2 Å². The number of rotatable bonds is 5. The minimum Gasteiger partial charge on any atom is -0.469 e. The molecule has 0 radical (unpaired) electrons. The molecule has 1 atom stereocenters. The van der Waals surface area contributed by atoms with Gasteiger partial charge in [0.1, 0.15) is 11.6 Å². The lowest BCUT2D eigenvalue weighted by atomic mass is 10.2. The number of thioether (sulfide) groups is 1. The van der Waals surface area contributed by atoms with Crippen LogP contribution < -0.4 is 5.73 Å². The first-order valence-corrected chi connectivity index (χ1v) is 6.39. The van der Waals surface area contributed by atoms with Crippen LogP contribution in [0.15, 0.2) is 52.0 Å². The lowest BCUT2D eigenvalue weighted by molar-refractivity contribution is 0.493. The van der Waals surface area contributed by atoms with Crippen LogP contribution in [0.3, 0.4) is 0 Å². The van der Waals surface area contributed by atoms with Crippen molar-refractivity contribution in [3.63, 3.8) is 0 Å². The summed E-state index contributed by atoms with van der Waals surface area (Å²) in [6.45, 7) is 0. The van der Waals surface area contributed by atoms with Gasteiger partial charge in [-0.1, -0.05) is 12.1 Å². The average molecular weight is 251 g/mol. The molecule has 0 spiro atoms. The number of nitrogens with two attached hydrogens (primary N) is 1. The Labute approximate surface area is 104 Å². The van der Waals surface area contributed by atoms with Gasteiger partial charge in [0.25, 0.3) is 0 Å². The summed E-state index contributed by atoms with van der Waals surface area (Å²) in [5, 5.41) is 0. The molecule has 2 N–H and O–H groups in total. The molecule has 0 saturated carbocycles. The summed E-state index contributed by atoms with van der Waals surface area (Å²) < 4.78 is 18.6. The van der Waals surface area contributed by atoms with Gasteiger partial charge in [0.05, 0.1) is 6.26 Å². The number of furan rings is 1. The average Bonchev–Trinajstić information content (AvgIpc) is 2.81. The summed E-state index contributed by atoms with van der Waals surface area (Å²) in [6.07, 6.45) is 2.31. The standard InChI is InChI=1S/C13H14FNOS/c14-12-5-1-2-6-13(12)17-9-10(15)8-11-4-3-7-16-11/h1-7,10H,8-9,15H2. The molecule has 2 nitrogen and oxygen atoms in total. The lowest BCUT2D eigenvalue weighted by Crippen LogP contribution is -2.25. The Morgan fingerprint density at radius 3 is 2.76 bits per heavy atom. The first kappa shape index (κ1) is 12.2. The van der Waals surface area contributed by atoms with Gasteiger partial charge in [-0.2, -0.15) is 0 Å². The van der Waals surface area contributed by atoms with E-state index in [4.69, 9.17) is 10.2 Å². The molecule has 0 aliphatic rings. The molecule has 90 valence electrons. The van der Waals surface area contributed by atoms with Crippen molar-refractivity contribution in [2.24, 2.45) is 5.73 Å². The van der Waals surface area contributed by atoms with E-state index in [9.17, 15) is 4.39 Å². The molecule has 1 unspecified atom stereocenters.